The molecule has 2 rings (SSSR count). The summed E-state index contributed by atoms with van der Waals surface area (Å²) in [5.41, 5.74) is 5.90. The highest BCUT2D eigenvalue weighted by atomic mass is 16.5. The van der Waals surface area contributed by atoms with Gasteiger partial charge in [-0.1, -0.05) is 12.1 Å². The van der Waals surface area contributed by atoms with Gasteiger partial charge in [-0.05, 0) is 25.1 Å². The van der Waals surface area contributed by atoms with E-state index in [1.165, 1.54) is 18.2 Å². The van der Waals surface area contributed by atoms with Crippen LogP contribution in [0.5, 0.6) is 11.6 Å². The number of hydrogen-bond acceptors (Lipinski definition) is 4. The largest absolute Gasteiger partial charge is 0.478 e. The highest BCUT2D eigenvalue weighted by molar-refractivity contribution is 5.95. The van der Waals surface area contributed by atoms with Gasteiger partial charge in [0.15, 0.2) is 0 Å². The fourth-order valence-corrected chi connectivity index (χ4v) is 1.69. The number of hydrogen-bond donors (Lipinski definition) is 2. The molecule has 0 radical (unpaired) electrons. The molecule has 0 saturated carbocycles. The maximum absolute atomic E-state index is 11.3. The van der Waals surface area contributed by atoms with E-state index in [0.29, 0.717) is 5.69 Å². The molecule has 0 atom stereocenters. The summed E-state index contributed by atoms with van der Waals surface area (Å²) in [5.74, 6) is -1.20. The molecule has 1 aromatic carbocycles. The molecule has 0 aliphatic heterocycles. The van der Waals surface area contributed by atoms with Crippen molar-refractivity contribution < 1.29 is 19.4 Å². The van der Waals surface area contributed by atoms with E-state index < -0.39 is 11.9 Å². The van der Waals surface area contributed by atoms with E-state index in [0.717, 1.165) is 0 Å². The lowest BCUT2D eigenvalue weighted by Crippen LogP contribution is -2.12. The second kappa shape index (κ2) is 5.40. The monoisotopic (exact) mass is 272 g/mol. The fraction of sp³-hybridized carbons (Fsp3) is 0.0714. The van der Waals surface area contributed by atoms with Crippen LogP contribution in [0.25, 0.3) is 0 Å². The molecule has 0 aliphatic rings. The second-order valence-corrected chi connectivity index (χ2v) is 4.05. The summed E-state index contributed by atoms with van der Waals surface area (Å²) in [4.78, 5) is 26.2. The lowest BCUT2D eigenvalue weighted by atomic mass is 10.2. The Balaban J connectivity index is 2.34. The number of aryl methyl sites for hydroxylation is 1. The van der Waals surface area contributed by atoms with Crippen LogP contribution < -0.4 is 10.5 Å². The average Bonchev–Trinajstić information content (AvgIpc) is 2.38. The van der Waals surface area contributed by atoms with Gasteiger partial charge in [0.05, 0.1) is 16.8 Å². The zero-order valence-electron chi connectivity index (χ0n) is 10.7. The molecule has 1 heterocycles. The van der Waals surface area contributed by atoms with Crippen LogP contribution >= 0.6 is 0 Å². The van der Waals surface area contributed by atoms with Crippen molar-refractivity contribution >= 4 is 11.9 Å². The van der Waals surface area contributed by atoms with E-state index >= 15 is 0 Å². The Morgan fingerprint density at radius 3 is 2.45 bits per heavy atom. The topological polar surface area (TPSA) is 103 Å². The minimum atomic E-state index is -1.06. The zero-order valence-corrected chi connectivity index (χ0v) is 10.7. The number of para-hydroxylation sites is 1. The Kier molecular flexibility index (Phi) is 3.65. The van der Waals surface area contributed by atoms with Gasteiger partial charge in [0.1, 0.15) is 5.75 Å². The molecule has 0 fully saturated rings. The number of carbonyl (C=O) groups excluding carboxylic acids is 1. The molecule has 0 aliphatic carbocycles. The van der Waals surface area contributed by atoms with Crippen molar-refractivity contribution in [1.82, 2.24) is 4.98 Å². The molecule has 3 N–H and O–H groups in total. The van der Waals surface area contributed by atoms with E-state index in [4.69, 9.17) is 15.6 Å². The molecule has 0 bridgehead atoms. The third-order valence-corrected chi connectivity index (χ3v) is 2.66. The number of aromatic nitrogens is 1. The summed E-state index contributed by atoms with van der Waals surface area (Å²) in [6, 6.07) is 9.30. The van der Waals surface area contributed by atoms with Gasteiger partial charge in [0, 0.05) is 6.07 Å². The van der Waals surface area contributed by atoms with Crippen LogP contribution in [-0.2, 0) is 0 Å². The molecular formula is C14H12N2O4. The summed E-state index contributed by atoms with van der Waals surface area (Å²) in [5, 5.41) is 8.92. The lowest BCUT2D eigenvalue weighted by molar-refractivity contribution is 0.0695. The van der Waals surface area contributed by atoms with Crippen molar-refractivity contribution in [3.05, 3.63) is 53.2 Å². The first kappa shape index (κ1) is 13.5. The van der Waals surface area contributed by atoms with Crippen molar-refractivity contribution in [1.29, 1.82) is 0 Å². The predicted octanol–water partition coefficient (Wildman–Crippen LogP) is 1.98. The van der Waals surface area contributed by atoms with E-state index in [9.17, 15) is 9.59 Å². The number of pyridine rings is 1. The van der Waals surface area contributed by atoms with Crippen LogP contribution in [0.15, 0.2) is 36.4 Å². The first-order chi connectivity index (χ1) is 9.49. The molecule has 6 heteroatoms. The summed E-state index contributed by atoms with van der Waals surface area (Å²) in [6.45, 7) is 1.57. The first-order valence-electron chi connectivity index (χ1n) is 5.76. The van der Waals surface area contributed by atoms with Crippen LogP contribution in [0.3, 0.4) is 0 Å². The number of nitrogens with two attached hydrogens (primary N) is 1. The Morgan fingerprint density at radius 2 is 1.85 bits per heavy atom. The number of benzene rings is 1. The fourth-order valence-electron chi connectivity index (χ4n) is 1.69. The smallest absolute Gasteiger partial charge is 0.337 e. The van der Waals surface area contributed by atoms with Crippen molar-refractivity contribution in [2.24, 2.45) is 5.73 Å². The van der Waals surface area contributed by atoms with Gasteiger partial charge >= 0.3 is 5.97 Å². The molecule has 102 valence electrons. The molecule has 0 saturated heterocycles. The maximum atomic E-state index is 11.3. The minimum absolute atomic E-state index is 0.0977. The highest BCUT2D eigenvalue weighted by Crippen LogP contribution is 2.24. The zero-order chi connectivity index (χ0) is 14.7. The van der Waals surface area contributed by atoms with Gasteiger partial charge in [0.2, 0.25) is 5.88 Å². The SMILES string of the molecule is Cc1nc(Oc2ccccc2C(N)=O)ccc1C(=O)O. The van der Waals surface area contributed by atoms with Crippen LogP contribution in [0.2, 0.25) is 0 Å². The van der Waals surface area contributed by atoms with Gasteiger partial charge in [-0.15, -0.1) is 0 Å². The van der Waals surface area contributed by atoms with Gasteiger partial charge < -0.3 is 15.6 Å². The summed E-state index contributed by atoms with van der Waals surface area (Å²) in [7, 11) is 0. The number of ether oxygens (including phenoxy) is 1. The number of rotatable bonds is 4. The quantitative estimate of drug-likeness (QED) is 0.885. The third kappa shape index (κ3) is 2.74. The molecule has 1 amide bonds. The molecule has 20 heavy (non-hydrogen) atoms. The van der Waals surface area contributed by atoms with Crippen molar-refractivity contribution in [2.75, 3.05) is 0 Å². The minimum Gasteiger partial charge on any atom is -0.478 e. The maximum Gasteiger partial charge on any atom is 0.337 e. The van der Waals surface area contributed by atoms with Crippen molar-refractivity contribution in [2.45, 2.75) is 6.92 Å². The summed E-state index contributed by atoms with van der Waals surface area (Å²) >= 11 is 0. The standard InChI is InChI=1S/C14H12N2O4/c1-8-9(14(18)19)6-7-12(16-8)20-11-5-3-2-4-10(11)13(15)17/h2-7H,1H3,(H2,15,17)(H,18,19). The first-order valence-corrected chi connectivity index (χ1v) is 5.76. The molecular weight excluding hydrogens is 260 g/mol. The summed E-state index contributed by atoms with van der Waals surface area (Å²) < 4.78 is 5.48. The number of carboxylic acids is 1. The summed E-state index contributed by atoms with van der Waals surface area (Å²) in [6.07, 6.45) is 0. The molecule has 0 spiro atoms. The Bertz CT molecular complexity index is 683. The van der Waals surface area contributed by atoms with Crippen LogP contribution in [0.4, 0.5) is 0 Å². The molecule has 1 aromatic heterocycles. The normalized spacial score (nSPS) is 10.1. The highest BCUT2D eigenvalue weighted by Gasteiger charge is 2.12. The predicted molar refractivity (Wildman–Crippen MR) is 71.0 cm³/mol. The van der Waals surface area contributed by atoms with E-state index in [2.05, 4.69) is 4.98 Å². The number of nitrogens with zero attached hydrogens (tertiary/aromatic N) is 1. The molecule has 0 unspecified atom stereocenters. The Morgan fingerprint density at radius 1 is 1.15 bits per heavy atom. The van der Waals surface area contributed by atoms with Gasteiger partial charge in [-0.3, -0.25) is 4.79 Å². The van der Waals surface area contributed by atoms with Gasteiger partial charge in [-0.2, -0.15) is 0 Å². The number of carbonyl (C=O) groups is 2. The van der Waals surface area contributed by atoms with Crippen LogP contribution in [0.1, 0.15) is 26.4 Å². The molecule has 2 aromatic rings. The number of carboxylic acid groups (broad SMARTS) is 1. The number of aromatic carboxylic acids is 1. The third-order valence-electron chi connectivity index (χ3n) is 2.66. The lowest BCUT2D eigenvalue weighted by Gasteiger charge is -2.09. The number of amides is 1. The van der Waals surface area contributed by atoms with E-state index in [-0.39, 0.29) is 22.8 Å². The van der Waals surface area contributed by atoms with Gasteiger partial charge in [-0.25, -0.2) is 9.78 Å². The van der Waals surface area contributed by atoms with Crippen molar-refractivity contribution in [3.63, 3.8) is 0 Å². The van der Waals surface area contributed by atoms with E-state index in [1.807, 2.05) is 0 Å². The molecule has 6 nitrogen and oxygen atoms in total. The Hall–Kier alpha value is -2.89. The van der Waals surface area contributed by atoms with Crippen molar-refractivity contribution in [3.8, 4) is 11.6 Å². The van der Waals surface area contributed by atoms with E-state index in [1.54, 1.807) is 25.1 Å². The van der Waals surface area contributed by atoms with Crippen LogP contribution in [0, 0.1) is 6.92 Å². The second-order valence-electron chi connectivity index (χ2n) is 4.05. The van der Waals surface area contributed by atoms with Crippen LogP contribution in [-0.4, -0.2) is 22.0 Å². The average molecular weight is 272 g/mol. The Labute approximate surface area is 114 Å². The van der Waals surface area contributed by atoms with Gasteiger partial charge in [0.25, 0.3) is 5.91 Å². The number of primary amides is 1.